The van der Waals surface area contributed by atoms with E-state index in [9.17, 15) is 9.59 Å². The number of allylic oxidation sites excluding steroid dienone is 1. The molecular formula is C31H33N3O2. The van der Waals surface area contributed by atoms with Gasteiger partial charge in [-0.2, -0.15) is 0 Å². The molecule has 1 aromatic heterocycles. The van der Waals surface area contributed by atoms with E-state index in [-0.39, 0.29) is 18.2 Å². The molecule has 0 radical (unpaired) electrons. The van der Waals surface area contributed by atoms with Crippen LogP contribution in [0.2, 0.25) is 0 Å². The van der Waals surface area contributed by atoms with Crippen molar-refractivity contribution >= 4 is 28.8 Å². The highest BCUT2D eigenvalue weighted by atomic mass is 16.2. The Hall–Kier alpha value is -3.73. The molecule has 0 saturated carbocycles. The maximum absolute atomic E-state index is 13.5. The minimum absolute atomic E-state index is 0.00601. The van der Waals surface area contributed by atoms with Crippen LogP contribution in [0.5, 0.6) is 0 Å². The molecule has 0 unspecified atom stereocenters. The van der Waals surface area contributed by atoms with Crippen molar-refractivity contribution in [2.24, 2.45) is 0 Å². The molecule has 1 aliphatic carbocycles. The third-order valence-electron chi connectivity index (χ3n) is 7.23. The van der Waals surface area contributed by atoms with Gasteiger partial charge in [0.2, 0.25) is 5.91 Å². The van der Waals surface area contributed by atoms with E-state index in [4.69, 9.17) is 0 Å². The lowest BCUT2D eigenvalue weighted by Crippen LogP contribution is -2.30. The van der Waals surface area contributed by atoms with Crippen molar-refractivity contribution in [3.8, 4) is 0 Å². The number of hydrogen-bond donors (Lipinski definition) is 1. The molecule has 2 heterocycles. The summed E-state index contributed by atoms with van der Waals surface area (Å²) in [5.41, 5.74) is 8.05. The van der Waals surface area contributed by atoms with Crippen LogP contribution in [0.15, 0.2) is 72.4 Å². The molecule has 2 aromatic carbocycles. The number of rotatable bonds is 5. The van der Waals surface area contributed by atoms with Crippen LogP contribution < -0.4 is 10.2 Å². The number of nitrogens with zero attached hydrogens (tertiary/aromatic N) is 2. The Labute approximate surface area is 213 Å². The number of aromatic nitrogens is 1. The zero-order valence-corrected chi connectivity index (χ0v) is 20.9. The molecule has 1 aliphatic heterocycles. The van der Waals surface area contributed by atoms with E-state index in [2.05, 4.69) is 41.5 Å². The van der Waals surface area contributed by atoms with Gasteiger partial charge >= 0.3 is 0 Å². The molecule has 0 spiro atoms. The van der Waals surface area contributed by atoms with Gasteiger partial charge in [0.05, 0.1) is 6.42 Å². The second-order valence-electron chi connectivity index (χ2n) is 9.83. The molecule has 2 aliphatic rings. The van der Waals surface area contributed by atoms with Crippen molar-refractivity contribution in [2.75, 3.05) is 16.8 Å². The van der Waals surface area contributed by atoms with Gasteiger partial charge in [-0.25, -0.2) is 0 Å². The van der Waals surface area contributed by atoms with Gasteiger partial charge in [-0.3, -0.25) is 14.6 Å². The van der Waals surface area contributed by atoms with Crippen LogP contribution in [0, 0.1) is 6.92 Å². The van der Waals surface area contributed by atoms with E-state index in [0.29, 0.717) is 6.54 Å². The highest BCUT2D eigenvalue weighted by molar-refractivity contribution is 6.09. The van der Waals surface area contributed by atoms with Crippen LogP contribution >= 0.6 is 0 Å². The first-order chi connectivity index (χ1) is 17.6. The lowest BCUT2D eigenvalue weighted by molar-refractivity contribution is -0.118. The van der Waals surface area contributed by atoms with Gasteiger partial charge in [-0.1, -0.05) is 48.7 Å². The zero-order chi connectivity index (χ0) is 24.9. The van der Waals surface area contributed by atoms with Crippen molar-refractivity contribution < 1.29 is 9.59 Å². The minimum Gasteiger partial charge on any atom is -0.322 e. The number of anilines is 2. The predicted molar refractivity (Wildman–Crippen MR) is 145 cm³/mol. The normalized spacial score (nSPS) is 17.8. The van der Waals surface area contributed by atoms with Crippen LogP contribution in [0.25, 0.3) is 5.57 Å². The third-order valence-corrected chi connectivity index (χ3v) is 7.23. The summed E-state index contributed by atoms with van der Waals surface area (Å²) in [6.45, 7) is 2.74. The standard InChI is InChI=1S/C31H33N3O2/c1-22-11-13-23(14-12-22)27-9-4-2-3-5-10-28(27)31(36)33-26-15-16-29-24(20-26)17-19-34(29)30(35)21-25-8-6-7-18-32-25/h6-8,11-16,18,20H,2-5,9-10,17,19,21H2,1H3,(H,33,36)/b28-27-. The van der Waals surface area contributed by atoms with E-state index >= 15 is 0 Å². The van der Waals surface area contributed by atoms with Gasteiger partial charge in [0, 0.05) is 35.4 Å². The van der Waals surface area contributed by atoms with Gasteiger partial charge < -0.3 is 10.2 Å². The Morgan fingerprint density at radius 2 is 1.72 bits per heavy atom. The van der Waals surface area contributed by atoms with Gasteiger partial charge in [0.25, 0.3) is 5.91 Å². The fourth-order valence-corrected chi connectivity index (χ4v) is 5.28. The quantitative estimate of drug-likeness (QED) is 0.469. The minimum atomic E-state index is -0.00601. The molecule has 0 bridgehead atoms. The number of nitrogens with one attached hydrogen (secondary N) is 1. The van der Waals surface area contributed by atoms with Crippen molar-refractivity contribution in [1.29, 1.82) is 0 Å². The van der Waals surface area contributed by atoms with Crippen LogP contribution in [0.4, 0.5) is 11.4 Å². The van der Waals surface area contributed by atoms with Crippen LogP contribution in [-0.4, -0.2) is 23.3 Å². The predicted octanol–water partition coefficient (Wildman–Crippen LogP) is 6.27. The number of aryl methyl sites for hydroxylation is 1. The molecule has 0 saturated heterocycles. The molecule has 1 N–H and O–H groups in total. The maximum Gasteiger partial charge on any atom is 0.251 e. The first-order valence-corrected chi connectivity index (χ1v) is 13.0. The average molecular weight is 480 g/mol. The summed E-state index contributed by atoms with van der Waals surface area (Å²) in [6.07, 6.45) is 9.05. The van der Waals surface area contributed by atoms with E-state index < -0.39 is 0 Å². The van der Waals surface area contributed by atoms with Gasteiger partial charge in [0.15, 0.2) is 0 Å². The number of carbonyl (C=O) groups is 2. The lowest BCUT2D eigenvalue weighted by atomic mass is 9.88. The van der Waals surface area contributed by atoms with Crippen molar-refractivity contribution in [2.45, 2.75) is 58.3 Å². The molecule has 2 amide bonds. The second kappa shape index (κ2) is 10.9. The fraction of sp³-hybridized carbons (Fsp3) is 0.323. The highest BCUT2D eigenvalue weighted by Crippen LogP contribution is 2.34. The molecule has 5 rings (SSSR count). The molecule has 3 aromatic rings. The summed E-state index contributed by atoms with van der Waals surface area (Å²) in [7, 11) is 0. The first-order valence-electron chi connectivity index (χ1n) is 13.0. The average Bonchev–Trinajstić information content (AvgIpc) is 3.29. The van der Waals surface area contributed by atoms with E-state index in [1.807, 2.05) is 41.3 Å². The zero-order valence-electron chi connectivity index (χ0n) is 20.9. The summed E-state index contributed by atoms with van der Waals surface area (Å²) in [5, 5.41) is 3.17. The van der Waals surface area contributed by atoms with Crippen molar-refractivity contribution in [3.05, 3.63) is 94.8 Å². The van der Waals surface area contributed by atoms with E-state index in [1.165, 1.54) is 24.0 Å². The molecular weight excluding hydrogens is 446 g/mol. The number of pyridine rings is 1. The largest absolute Gasteiger partial charge is 0.322 e. The second-order valence-corrected chi connectivity index (χ2v) is 9.83. The smallest absolute Gasteiger partial charge is 0.251 e. The Bertz CT molecular complexity index is 1280. The van der Waals surface area contributed by atoms with Crippen LogP contribution in [0.3, 0.4) is 0 Å². The summed E-state index contributed by atoms with van der Waals surface area (Å²) in [5.74, 6) is 0.0418. The Kier molecular flexibility index (Phi) is 7.26. The highest BCUT2D eigenvalue weighted by Gasteiger charge is 2.26. The number of fused-ring (bicyclic) bond motifs is 1. The molecule has 0 atom stereocenters. The summed E-state index contributed by atoms with van der Waals surface area (Å²) in [4.78, 5) is 32.5. The molecule has 184 valence electrons. The van der Waals surface area contributed by atoms with Crippen molar-refractivity contribution in [1.82, 2.24) is 4.98 Å². The van der Waals surface area contributed by atoms with Gasteiger partial charge in [0.1, 0.15) is 0 Å². The number of carbonyl (C=O) groups excluding carboxylic acids is 2. The Balaban J connectivity index is 1.34. The van der Waals surface area contributed by atoms with Gasteiger partial charge in [-0.05, 0) is 86.1 Å². The van der Waals surface area contributed by atoms with E-state index in [0.717, 1.165) is 65.9 Å². The summed E-state index contributed by atoms with van der Waals surface area (Å²) in [6, 6.07) is 20.1. The number of amides is 2. The topological polar surface area (TPSA) is 62.3 Å². The monoisotopic (exact) mass is 479 g/mol. The van der Waals surface area contributed by atoms with E-state index in [1.54, 1.807) is 6.20 Å². The fourth-order valence-electron chi connectivity index (χ4n) is 5.28. The lowest BCUT2D eigenvalue weighted by Gasteiger charge is -2.20. The van der Waals surface area contributed by atoms with Gasteiger partial charge in [-0.15, -0.1) is 0 Å². The first kappa shape index (κ1) is 24.0. The SMILES string of the molecule is Cc1ccc(/C2=C(\C(=O)Nc3ccc4c(c3)CCN4C(=O)Cc3ccccn3)CCCCCC2)cc1. The summed E-state index contributed by atoms with van der Waals surface area (Å²) < 4.78 is 0. The molecule has 5 nitrogen and oxygen atoms in total. The molecule has 5 heteroatoms. The Morgan fingerprint density at radius 1 is 0.917 bits per heavy atom. The van der Waals surface area contributed by atoms with Crippen molar-refractivity contribution in [3.63, 3.8) is 0 Å². The molecule has 0 fully saturated rings. The van der Waals surface area contributed by atoms with Crippen LogP contribution in [-0.2, 0) is 22.4 Å². The van der Waals surface area contributed by atoms with Crippen LogP contribution in [0.1, 0.15) is 60.9 Å². The number of benzene rings is 2. The molecule has 36 heavy (non-hydrogen) atoms. The maximum atomic E-state index is 13.5. The third kappa shape index (κ3) is 5.40. The summed E-state index contributed by atoms with van der Waals surface area (Å²) >= 11 is 0. The Morgan fingerprint density at radius 3 is 2.50 bits per heavy atom. The number of hydrogen-bond acceptors (Lipinski definition) is 3.